The normalized spacial score (nSPS) is 15.2. The molecule has 0 aliphatic heterocycles. The van der Waals surface area contributed by atoms with Crippen molar-refractivity contribution in [2.45, 2.75) is 57.5 Å². The third-order valence-electron chi connectivity index (χ3n) is 5.17. The molecule has 9 heteroatoms. The second kappa shape index (κ2) is 8.47. The average Bonchev–Trinajstić information content (AvgIpc) is 3.12. The average molecular weight is 453 g/mol. The van der Waals surface area contributed by atoms with Crippen LogP contribution in [0, 0.1) is 20.8 Å². The van der Waals surface area contributed by atoms with Crippen molar-refractivity contribution in [3.63, 3.8) is 0 Å². The first-order valence-electron chi connectivity index (χ1n) is 9.84. The lowest BCUT2D eigenvalue weighted by Crippen LogP contribution is -2.19. The molecule has 0 radical (unpaired) electrons. The van der Waals surface area contributed by atoms with E-state index >= 15 is 0 Å². The minimum atomic E-state index is -3.93. The van der Waals surface area contributed by atoms with Gasteiger partial charge in [0, 0.05) is 5.69 Å². The number of hydrogen-bond acceptors (Lipinski definition) is 5. The van der Waals surface area contributed by atoms with Gasteiger partial charge in [-0.05, 0) is 87.4 Å². The van der Waals surface area contributed by atoms with Crippen LogP contribution in [0.1, 0.15) is 42.4 Å². The lowest BCUT2D eigenvalue weighted by molar-refractivity contribution is 0.210. The van der Waals surface area contributed by atoms with Crippen LogP contribution in [0.3, 0.4) is 0 Å². The van der Waals surface area contributed by atoms with Gasteiger partial charge in [0.1, 0.15) is 5.75 Å². The molecule has 0 heterocycles. The summed E-state index contributed by atoms with van der Waals surface area (Å²) in [5.74, 6) is 0.715. The Labute approximate surface area is 179 Å². The van der Waals surface area contributed by atoms with E-state index in [0.717, 1.165) is 19.1 Å². The monoisotopic (exact) mass is 452 g/mol. The highest BCUT2D eigenvalue weighted by Gasteiger charge is 2.24. The SMILES string of the molecule is Cc1cc(C)c(S(=O)(=O)Nc2ccc(OC3CCCC3)cc2)c(C)c1NS(C)(=O)=O. The van der Waals surface area contributed by atoms with Crippen LogP contribution in [0.25, 0.3) is 0 Å². The Hall–Kier alpha value is -2.26. The summed E-state index contributed by atoms with van der Waals surface area (Å²) < 4.78 is 60.6. The highest BCUT2D eigenvalue weighted by atomic mass is 32.2. The van der Waals surface area contributed by atoms with Crippen LogP contribution in [-0.2, 0) is 20.0 Å². The molecule has 164 valence electrons. The first-order valence-corrected chi connectivity index (χ1v) is 13.2. The maximum Gasteiger partial charge on any atom is 0.262 e. The molecule has 3 rings (SSSR count). The number of aryl methyl sites for hydroxylation is 2. The molecule has 0 spiro atoms. The number of hydrogen-bond donors (Lipinski definition) is 2. The van der Waals surface area contributed by atoms with E-state index in [-0.39, 0.29) is 16.7 Å². The van der Waals surface area contributed by atoms with Crippen LogP contribution in [0.2, 0.25) is 0 Å². The minimum Gasteiger partial charge on any atom is -0.490 e. The third kappa shape index (κ3) is 5.26. The van der Waals surface area contributed by atoms with Gasteiger partial charge in [0.05, 0.1) is 22.9 Å². The van der Waals surface area contributed by atoms with Crippen LogP contribution >= 0.6 is 0 Å². The number of nitrogens with one attached hydrogen (secondary N) is 2. The largest absolute Gasteiger partial charge is 0.490 e. The molecule has 2 aromatic rings. The van der Waals surface area contributed by atoms with E-state index in [1.807, 2.05) is 0 Å². The summed E-state index contributed by atoms with van der Waals surface area (Å²) in [5, 5.41) is 0. The van der Waals surface area contributed by atoms with Gasteiger partial charge in [-0.15, -0.1) is 0 Å². The van der Waals surface area contributed by atoms with Crippen LogP contribution in [-0.4, -0.2) is 29.2 Å². The lowest BCUT2D eigenvalue weighted by atomic mass is 10.1. The zero-order valence-corrected chi connectivity index (χ0v) is 19.3. The highest BCUT2D eigenvalue weighted by Crippen LogP contribution is 2.32. The molecule has 0 saturated heterocycles. The Balaban J connectivity index is 1.87. The predicted molar refractivity (Wildman–Crippen MR) is 119 cm³/mol. The number of sulfonamides is 2. The maximum atomic E-state index is 13.1. The molecule has 2 N–H and O–H groups in total. The summed E-state index contributed by atoms with van der Waals surface area (Å²) >= 11 is 0. The van der Waals surface area contributed by atoms with Gasteiger partial charge in [-0.2, -0.15) is 0 Å². The summed E-state index contributed by atoms with van der Waals surface area (Å²) in [6.45, 7) is 5.03. The van der Waals surface area contributed by atoms with Crippen LogP contribution in [0.15, 0.2) is 35.2 Å². The number of anilines is 2. The topological polar surface area (TPSA) is 102 Å². The first kappa shape index (κ1) is 22.4. The fourth-order valence-corrected chi connectivity index (χ4v) is 6.15. The van der Waals surface area contributed by atoms with E-state index in [1.54, 1.807) is 51.1 Å². The fraction of sp³-hybridized carbons (Fsp3) is 0.429. The van der Waals surface area contributed by atoms with E-state index < -0.39 is 20.0 Å². The molecule has 0 aromatic heterocycles. The summed E-state index contributed by atoms with van der Waals surface area (Å²) in [5.41, 5.74) is 2.24. The standard InChI is InChI=1S/C21H28N2O5S2/c1-14-13-15(2)21(16(3)20(14)23-29(4,24)25)30(26,27)22-17-9-11-19(12-10-17)28-18-7-5-6-8-18/h9-13,18,22-23H,5-8H2,1-4H3. The van der Waals surface area contributed by atoms with Crippen molar-refractivity contribution in [2.75, 3.05) is 15.7 Å². The van der Waals surface area contributed by atoms with Crippen LogP contribution in [0.4, 0.5) is 11.4 Å². The Morgan fingerprint density at radius 2 is 1.50 bits per heavy atom. The van der Waals surface area contributed by atoms with Crippen molar-refractivity contribution in [1.29, 1.82) is 0 Å². The molecule has 1 fully saturated rings. The Bertz CT molecular complexity index is 1130. The van der Waals surface area contributed by atoms with E-state index in [4.69, 9.17) is 4.74 Å². The van der Waals surface area contributed by atoms with E-state index in [2.05, 4.69) is 9.44 Å². The quantitative estimate of drug-likeness (QED) is 0.658. The molecule has 7 nitrogen and oxygen atoms in total. The molecule has 0 amide bonds. The fourth-order valence-electron chi connectivity index (χ4n) is 3.93. The molecule has 0 unspecified atom stereocenters. The number of ether oxygens (including phenoxy) is 1. The zero-order valence-electron chi connectivity index (χ0n) is 17.7. The predicted octanol–water partition coefficient (Wildman–Crippen LogP) is 4.11. The van der Waals surface area contributed by atoms with Gasteiger partial charge < -0.3 is 4.74 Å². The maximum absolute atomic E-state index is 13.1. The molecule has 1 aliphatic carbocycles. The molecule has 30 heavy (non-hydrogen) atoms. The molecule has 0 bridgehead atoms. The molecule has 2 aromatic carbocycles. The van der Waals surface area contributed by atoms with Gasteiger partial charge in [-0.1, -0.05) is 6.07 Å². The Kier molecular flexibility index (Phi) is 6.33. The van der Waals surface area contributed by atoms with Gasteiger partial charge >= 0.3 is 0 Å². The van der Waals surface area contributed by atoms with Gasteiger partial charge in [0.15, 0.2) is 0 Å². The zero-order chi connectivity index (χ0) is 22.1. The van der Waals surface area contributed by atoms with E-state index in [1.165, 1.54) is 12.8 Å². The molecule has 1 saturated carbocycles. The van der Waals surface area contributed by atoms with Crippen molar-refractivity contribution in [3.8, 4) is 5.75 Å². The van der Waals surface area contributed by atoms with Crippen LogP contribution < -0.4 is 14.2 Å². The Morgan fingerprint density at radius 1 is 0.900 bits per heavy atom. The third-order valence-corrected chi connectivity index (χ3v) is 7.41. The minimum absolute atomic E-state index is 0.0607. The highest BCUT2D eigenvalue weighted by molar-refractivity contribution is 7.93. The molecular weight excluding hydrogens is 424 g/mol. The van der Waals surface area contributed by atoms with Crippen molar-refractivity contribution in [1.82, 2.24) is 0 Å². The number of rotatable bonds is 7. The van der Waals surface area contributed by atoms with Crippen molar-refractivity contribution in [2.24, 2.45) is 0 Å². The molecular formula is C21H28N2O5S2. The second-order valence-electron chi connectivity index (χ2n) is 7.87. The van der Waals surface area contributed by atoms with Gasteiger partial charge in [-0.3, -0.25) is 9.44 Å². The summed E-state index contributed by atoms with van der Waals surface area (Å²) in [6, 6.07) is 8.49. The number of benzene rings is 2. The van der Waals surface area contributed by atoms with Gasteiger partial charge in [0.25, 0.3) is 10.0 Å². The summed E-state index contributed by atoms with van der Waals surface area (Å²) in [7, 11) is -7.48. The van der Waals surface area contributed by atoms with Crippen molar-refractivity contribution < 1.29 is 21.6 Å². The summed E-state index contributed by atoms with van der Waals surface area (Å²) in [4.78, 5) is 0.0607. The molecule has 1 aliphatic rings. The van der Waals surface area contributed by atoms with Crippen molar-refractivity contribution in [3.05, 3.63) is 47.0 Å². The van der Waals surface area contributed by atoms with Gasteiger partial charge in [0.2, 0.25) is 10.0 Å². The lowest BCUT2D eigenvalue weighted by Gasteiger charge is -2.19. The second-order valence-corrected chi connectivity index (χ2v) is 11.2. The first-order chi connectivity index (χ1) is 14.0. The van der Waals surface area contributed by atoms with E-state index in [0.29, 0.717) is 28.1 Å². The van der Waals surface area contributed by atoms with Crippen LogP contribution in [0.5, 0.6) is 5.75 Å². The van der Waals surface area contributed by atoms with E-state index in [9.17, 15) is 16.8 Å². The Morgan fingerprint density at radius 3 is 2.07 bits per heavy atom. The smallest absolute Gasteiger partial charge is 0.262 e. The van der Waals surface area contributed by atoms with Crippen molar-refractivity contribution >= 4 is 31.4 Å². The van der Waals surface area contributed by atoms with Gasteiger partial charge in [-0.25, -0.2) is 16.8 Å². The summed E-state index contributed by atoms with van der Waals surface area (Å²) in [6.07, 6.45) is 5.70. The molecule has 0 atom stereocenters.